The molecule has 21 heavy (non-hydrogen) atoms. The summed E-state index contributed by atoms with van der Waals surface area (Å²) in [6.45, 7) is 5.23. The van der Waals surface area contributed by atoms with Crippen LogP contribution in [0.1, 0.15) is 23.9 Å². The third-order valence-corrected chi connectivity index (χ3v) is 3.19. The van der Waals surface area contributed by atoms with E-state index in [2.05, 4.69) is 10.4 Å². The summed E-state index contributed by atoms with van der Waals surface area (Å²) in [5, 5.41) is 6.90. The number of amides is 1. The summed E-state index contributed by atoms with van der Waals surface area (Å²) in [4.78, 5) is 22.5. The lowest BCUT2D eigenvalue weighted by Crippen LogP contribution is -2.20. The number of ketones is 1. The zero-order chi connectivity index (χ0) is 15.6. The van der Waals surface area contributed by atoms with Gasteiger partial charge in [0.15, 0.2) is 0 Å². The number of carbonyl (C=O) groups is 2. The quantitative estimate of drug-likeness (QED) is 0.878. The molecule has 0 aliphatic carbocycles. The molecule has 0 saturated carbocycles. The van der Waals surface area contributed by atoms with Gasteiger partial charge in [0.25, 0.3) is 5.91 Å². The monoisotopic (exact) mass is 289 g/mol. The molecule has 0 radical (unpaired) electrons. The molecule has 5 nitrogen and oxygen atoms in total. The van der Waals surface area contributed by atoms with Crippen molar-refractivity contribution < 1.29 is 14.0 Å². The molecule has 1 aromatic carbocycles. The van der Waals surface area contributed by atoms with E-state index in [4.69, 9.17) is 0 Å². The van der Waals surface area contributed by atoms with Gasteiger partial charge in [-0.1, -0.05) is 12.1 Å². The number of hydrogen-bond acceptors (Lipinski definition) is 3. The molecule has 110 valence electrons. The van der Waals surface area contributed by atoms with Crippen molar-refractivity contribution in [3.8, 4) is 0 Å². The molecule has 1 N–H and O–H groups in total. The van der Waals surface area contributed by atoms with E-state index in [0.717, 1.165) is 11.3 Å². The summed E-state index contributed by atoms with van der Waals surface area (Å²) in [7, 11) is 0. The Kier molecular flexibility index (Phi) is 4.16. The van der Waals surface area contributed by atoms with Crippen molar-refractivity contribution in [1.82, 2.24) is 9.78 Å². The Balaban J connectivity index is 2.24. The highest BCUT2D eigenvalue weighted by Crippen LogP contribution is 2.20. The summed E-state index contributed by atoms with van der Waals surface area (Å²) in [6.07, 6.45) is 0. The van der Waals surface area contributed by atoms with Crippen molar-refractivity contribution in [3.63, 3.8) is 0 Å². The maximum atomic E-state index is 12.9. The highest BCUT2D eigenvalue weighted by Gasteiger charge is 2.16. The highest BCUT2D eigenvalue weighted by molar-refractivity contribution is 6.39. The van der Waals surface area contributed by atoms with Gasteiger partial charge in [0, 0.05) is 6.92 Å². The molecular weight excluding hydrogens is 273 g/mol. The number of rotatable bonds is 4. The van der Waals surface area contributed by atoms with Gasteiger partial charge in [-0.05, 0) is 31.5 Å². The average molecular weight is 289 g/mol. The van der Waals surface area contributed by atoms with Crippen molar-refractivity contribution in [2.24, 2.45) is 0 Å². The second-order valence-electron chi connectivity index (χ2n) is 4.84. The van der Waals surface area contributed by atoms with Crippen LogP contribution >= 0.6 is 0 Å². The topological polar surface area (TPSA) is 64.0 Å². The Morgan fingerprint density at radius 1 is 1.24 bits per heavy atom. The summed E-state index contributed by atoms with van der Waals surface area (Å²) in [5.74, 6) is -1.51. The van der Waals surface area contributed by atoms with Crippen molar-refractivity contribution in [2.75, 3.05) is 5.32 Å². The van der Waals surface area contributed by atoms with Gasteiger partial charge in [0.1, 0.15) is 5.82 Å². The van der Waals surface area contributed by atoms with E-state index in [1.54, 1.807) is 30.7 Å². The zero-order valence-corrected chi connectivity index (χ0v) is 12.1. The maximum absolute atomic E-state index is 12.9. The lowest BCUT2D eigenvalue weighted by atomic mass is 10.2. The predicted molar refractivity (Wildman–Crippen MR) is 76.5 cm³/mol. The van der Waals surface area contributed by atoms with Crippen molar-refractivity contribution in [3.05, 3.63) is 47.0 Å². The van der Waals surface area contributed by atoms with Crippen molar-refractivity contribution in [2.45, 2.75) is 27.3 Å². The van der Waals surface area contributed by atoms with Crippen LogP contribution < -0.4 is 5.32 Å². The largest absolute Gasteiger partial charge is 0.316 e. The molecule has 0 spiro atoms. The maximum Gasteiger partial charge on any atom is 0.291 e. The first-order valence-corrected chi connectivity index (χ1v) is 6.49. The lowest BCUT2D eigenvalue weighted by molar-refractivity contribution is -0.133. The minimum Gasteiger partial charge on any atom is -0.316 e. The number of carbonyl (C=O) groups excluding carboxylic acids is 2. The molecule has 0 atom stereocenters. The number of halogens is 1. The molecule has 1 aromatic heterocycles. The van der Waals surface area contributed by atoms with Crippen LogP contribution in [0, 0.1) is 19.7 Å². The standard InChI is InChI=1S/C15H16FN3O2/c1-9-14(17-15(21)11(3)20)10(2)19(18-9)8-12-4-6-13(16)7-5-12/h4-7H,8H2,1-3H3,(H,17,21). The molecule has 0 aliphatic rings. The minimum atomic E-state index is -0.664. The Labute approximate surface area is 121 Å². The van der Waals surface area contributed by atoms with E-state index in [9.17, 15) is 14.0 Å². The van der Waals surface area contributed by atoms with E-state index >= 15 is 0 Å². The fourth-order valence-electron chi connectivity index (χ4n) is 2.00. The SMILES string of the molecule is CC(=O)C(=O)Nc1c(C)nn(Cc2ccc(F)cc2)c1C. The Morgan fingerprint density at radius 3 is 2.43 bits per heavy atom. The number of benzene rings is 1. The minimum absolute atomic E-state index is 0.290. The third kappa shape index (κ3) is 3.34. The summed E-state index contributed by atoms with van der Waals surface area (Å²) >= 11 is 0. The van der Waals surface area contributed by atoms with E-state index < -0.39 is 11.7 Å². The van der Waals surface area contributed by atoms with Gasteiger partial charge in [-0.25, -0.2) is 4.39 Å². The number of aromatic nitrogens is 2. The second-order valence-corrected chi connectivity index (χ2v) is 4.84. The number of anilines is 1. The highest BCUT2D eigenvalue weighted by atomic mass is 19.1. The fraction of sp³-hybridized carbons (Fsp3) is 0.267. The fourth-order valence-corrected chi connectivity index (χ4v) is 2.00. The molecule has 6 heteroatoms. The molecular formula is C15H16FN3O2. The van der Waals surface area contributed by atoms with Gasteiger partial charge in [-0.2, -0.15) is 5.10 Å². The molecule has 0 unspecified atom stereocenters. The van der Waals surface area contributed by atoms with Gasteiger partial charge >= 0.3 is 0 Å². The Bertz CT molecular complexity index is 690. The molecule has 0 fully saturated rings. The zero-order valence-electron chi connectivity index (χ0n) is 12.1. The molecule has 1 amide bonds. The van der Waals surface area contributed by atoms with Gasteiger partial charge in [-0.15, -0.1) is 0 Å². The average Bonchev–Trinajstić information content (AvgIpc) is 2.69. The lowest BCUT2D eigenvalue weighted by Gasteiger charge is -2.06. The first kappa shape index (κ1) is 14.9. The molecule has 0 saturated heterocycles. The van der Waals surface area contributed by atoms with Gasteiger partial charge in [-0.3, -0.25) is 14.3 Å². The normalized spacial score (nSPS) is 10.5. The van der Waals surface area contributed by atoms with Crippen LogP contribution in [0.5, 0.6) is 0 Å². The Morgan fingerprint density at radius 2 is 1.86 bits per heavy atom. The number of Topliss-reactive ketones (excluding diaryl/α,β-unsaturated/α-hetero) is 1. The van der Waals surface area contributed by atoms with Gasteiger partial charge in [0.2, 0.25) is 5.78 Å². The first-order valence-electron chi connectivity index (χ1n) is 6.49. The van der Waals surface area contributed by atoms with E-state index in [-0.39, 0.29) is 5.82 Å². The van der Waals surface area contributed by atoms with Crippen LogP contribution in [0.25, 0.3) is 0 Å². The summed E-state index contributed by atoms with van der Waals surface area (Å²) in [6, 6.07) is 6.14. The summed E-state index contributed by atoms with van der Waals surface area (Å²) in [5.41, 5.74) is 2.80. The molecule has 0 aliphatic heterocycles. The van der Waals surface area contributed by atoms with Crippen LogP contribution in [0.4, 0.5) is 10.1 Å². The van der Waals surface area contributed by atoms with E-state index in [1.807, 2.05) is 0 Å². The van der Waals surface area contributed by atoms with Crippen LogP contribution in [0.3, 0.4) is 0 Å². The molecule has 1 heterocycles. The van der Waals surface area contributed by atoms with Gasteiger partial charge < -0.3 is 5.32 Å². The smallest absolute Gasteiger partial charge is 0.291 e. The van der Waals surface area contributed by atoms with Gasteiger partial charge in [0.05, 0.1) is 23.6 Å². The van der Waals surface area contributed by atoms with Crippen LogP contribution in [-0.2, 0) is 16.1 Å². The number of nitrogens with one attached hydrogen (secondary N) is 1. The van der Waals surface area contributed by atoms with Crippen molar-refractivity contribution >= 4 is 17.4 Å². The molecule has 0 bridgehead atoms. The number of hydrogen-bond donors (Lipinski definition) is 1. The molecule has 2 aromatic rings. The van der Waals surface area contributed by atoms with Crippen LogP contribution in [-0.4, -0.2) is 21.5 Å². The predicted octanol–water partition coefficient (Wildman–Crippen LogP) is 2.21. The number of aryl methyl sites for hydroxylation is 1. The Hall–Kier alpha value is -2.50. The first-order chi connectivity index (χ1) is 9.88. The second kappa shape index (κ2) is 5.87. The third-order valence-electron chi connectivity index (χ3n) is 3.19. The van der Waals surface area contributed by atoms with E-state index in [0.29, 0.717) is 17.9 Å². The van der Waals surface area contributed by atoms with Crippen LogP contribution in [0.2, 0.25) is 0 Å². The summed E-state index contributed by atoms with van der Waals surface area (Å²) < 4.78 is 14.6. The molecule has 2 rings (SSSR count). The number of nitrogens with zero attached hydrogens (tertiary/aromatic N) is 2. The van der Waals surface area contributed by atoms with Crippen molar-refractivity contribution in [1.29, 1.82) is 0 Å². The van der Waals surface area contributed by atoms with Crippen LogP contribution in [0.15, 0.2) is 24.3 Å². The van der Waals surface area contributed by atoms with E-state index in [1.165, 1.54) is 19.1 Å².